The molecule has 1 aliphatic rings. The highest BCUT2D eigenvalue weighted by Gasteiger charge is 2.24. The maximum atomic E-state index is 13.1. The van der Waals surface area contributed by atoms with Gasteiger partial charge in [-0.2, -0.15) is 0 Å². The minimum Gasteiger partial charge on any atom is -0.497 e. The number of methoxy groups -OCH3 is 2. The fraction of sp³-hybridized carbons (Fsp3) is 0.217. The number of allylic oxidation sites excluding steroid dienone is 1. The van der Waals surface area contributed by atoms with Crippen LogP contribution in [-0.4, -0.2) is 37.3 Å². The van der Waals surface area contributed by atoms with Crippen molar-refractivity contribution >= 4 is 17.7 Å². The largest absolute Gasteiger partial charge is 0.497 e. The van der Waals surface area contributed by atoms with Crippen molar-refractivity contribution in [2.24, 2.45) is 0 Å². The van der Waals surface area contributed by atoms with E-state index in [-0.39, 0.29) is 18.7 Å². The summed E-state index contributed by atoms with van der Waals surface area (Å²) in [6.45, 7) is 0.167. The number of carbonyl (C=O) groups excluding carboxylic acids is 2. The molecule has 0 saturated carbocycles. The predicted molar refractivity (Wildman–Crippen MR) is 116 cm³/mol. The molecule has 0 N–H and O–H groups in total. The number of amides is 1. The van der Waals surface area contributed by atoms with Crippen LogP contribution in [0.3, 0.4) is 0 Å². The first-order valence-corrected chi connectivity index (χ1v) is 9.73. The first kappa shape index (κ1) is 22.5. The van der Waals surface area contributed by atoms with Crippen molar-refractivity contribution in [2.45, 2.75) is 19.1 Å². The molecule has 1 unspecified atom stereocenters. The Labute approximate surface area is 184 Å². The van der Waals surface area contributed by atoms with Crippen LogP contribution < -0.4 is 9.64 Å². The Balaban J connectivity index is 1.81. The zero-order valence-corrected chi connectivity index (χ0v) is 17.6. The Morgan fingerprint density at radius 3 is 2.50 bits per heavy atom. The molecule has 0 saturated heterocycles. The van der Waals surface area contributed by atoms with Gasteiger partial charge in [-0.1, -0.05) is 18.2 Å². The van der Waals surface area contributed by atoms with Crippen molar-refractivity contribution < 1.29 is 28.7 Å². The third kappa shape index (κ3) is 5.51. The van der Waals surface area contributed by atoms with Gasteiger partial charge in [-0.15, -0.1) is 0 Å². The summed E-state index contributed by atoms with van der Waals surface area (Å²) in [5.41, 5.74) is 1.67. The first-order valence-electron chi connectivity index (χ1n) is 9.73. The number of carbonyl (C=O) groups is 2. The van der Waals surface area contributed by atoms with E-state index in [0.717, 1.165) is 5.56 Å². The van der Waals surface area contributed by atoms with E-state index in [2.05, 4.69) is 0 Å². The lowest BCUT2D eigenvalue weighted by Crippen LogP contribution is -2.34. The van der Waals surface area contributed by atoms with Crippen molar-refractivity contribution in [1.82, 2.24) is 0 Å². The van der Waals surface area contributed by atoms with E-state index >= 15 is 0 Å². The number of benzene rings is 2. The van der Waals surface area contributed by atoms with Crippen LogP contribution in [0.15, 0.2) is 72.5 Å². The van der Waals surface area contributed by atoms with Gasteiger partial charge in [0.2, 0.25) is 0 Å². The minimum atomic E-state index is -0.624. The lowest BCUT2D eigenvalue weighted by Gasteiger charge is -2.25. The van der Waals surface area contributed by atoms with Gasteiger partial charge in [0.1, 0.15) is 11.9 Å². The zero-order chi connectivity index (χ0) is 23.1. The van der Waals surface area contributed by atoms with Crippen LogP contribution in [0.5, 0.6) is 5.75 Å². The van der Waals surface area contributed by atoms with Crippen molar-refractivity contribution in [2.75, 3.05) is 19.1 Å². The maximum Gasteiger partial charge on any atom is 0.415 e. The van der Waals surface area contributed by atoms with E-state index in [1.165, 1.54) is 37.3 Å². The van der Waals surface area contributed by atoms with Crippen LogP contribution in [0, 0.1) is 10.1 Å². The predicted octanol–water partition coefficient (Wildman–Crippen LogP) is 4.11. The lowest BCUT2D eigenvalue weighted by molar-refractivity contribution is -0.419. The average Bonchev–Trinajstić information content (AvgIpc) is 2.82. The second kappa shape index (κ2) is 10.3. The van der Waals surface area contributed by atoms with Gasteiger partial charge in [0.15, 0.2) is 0 Å². The van der Waals surface area contributed by atoms with Gasteiger partial charge in [-0.3, -0.25) is 15.0 Å². The Morgan fingerprint density at radius 1 is 1.16 bits per heavy atom. The van der Waals surface area contributed by atoms with E-state index in [1.54, 1.807) is 48.5 Å². The van der Waals surface area contributed by atoms with Crippen molar-refractivity contribution in [3.8, 4) is 5.75 Å². The minimum absolute atomic E-state index is 0.0346. The molecule has 2 aromatic rings. The molecular formula is C23H22N2O7. The van der Waals surface area contributed by atoms with Gasteiger partial charge < -0.3 is 14.2 Å². The molecule has 9 heteroatoms. The second-order valence-electron chi connectivity index (χ2n) is 6.88. The highest BCUT2D eigenvalue weighted by atomic mass is 16.6. The highest BCUT2D eigenvalue weighted by Crippen LogP contribution is 2.25. The number of rotatable bonds is 7. The molecule has 9 nitrogen and oxygen atoms in total. The number of anilines is 1. The number of nitro groups is 1. The van der Waals surface area contributed by atoms with Gasteiger partial charge in [0.25, 0.3) is 5.70 Å². The van der Waals surface area contributed by atoms with Gasteiger partial charge >= 0.3 is 12.1 Å². The van der Waals surface area contributed by atoms with E-state index in [4.69, 9.17) is 14.2 Å². The van der Waals surface area contributed by atoms with Crippen LogP contribution in [0.25, 0.3) is 0 Å². The molecular weight excluding hydrogens is 416 g/mol. The van der Waals surface area contributed by atoms with Crippen LogP contribution >= 0.6 is 0 Å². The molecule has 0 heterocycles. The SMILES string of the molecule is COC(=O)c1ccc(CN(C(=O)OC2C=CC([N+](=O)[O-])=CC2)c2cccc(OC)c2)cc1. The zero-order valence-electron chi connectivity index (χ0n) is 17.6. The molecule has 1 atom stereocenters. The molecule has 0 bridgehead atoms. The highest BCUT2D eigenvalue weighted by molar-refractivity contribution is 5.90. The molecule has 1 amide bonds. The number of hydrogen-bond donors (Lipinski definition) is 0. The van der Waals surface area contributed by atoms with E-state index in [1.807, 2.05) is 0 Å². The van der Waals surface area contributed by atoms with Crippen molar-refractivity contribution in [3.05, 3.63) is 93.7 Å². The molecule has 3 rings (SSSR count). The second-order valence-corrected chi connectivity index (χ2v) is 6.88. The van der Waals surface area contributed by atoms with Gasteiger partial charge in [0, 0.05) is 18.6 Å². The summed E-state index contributed by atoms with van der Waals surface area (Å²) in [6.07, 6.45) is 3.19. The summed E-state index contributed by atoms with van der Waals surface area (Å²) in [7, 11) is 2.83. The lowest BCUT2D eigenvalue weighted by atomic mass is 10.1. The molecule has 1 aliphatic carbocycles. The number of esters is 1. The molecule has 166 valence electrons. The monoisotopic (exact) mass is 438 g/mol. The molecule has 32 heavy (non-hydrogen) atoms. The van der Waals surface area contributed by atoms with Crippen LogP contribution in [-0.2, 0) is 16.0 Å². The van der Waals surface area contributed by atoms with Crippen LogP contribution in [0.1, 0.15) is 22.3 Å². The Kier molecular flexibility index (Phi) is 7.22. The summed E-state index contributed by atoms with van der Waals surface area (Å²) in [5, 5.41) is 10.9. The summed E-state index contributed by atoms with van der Waals surface area (Å²) in [4.78, 5) is 36.5. The standard InChI is InChI=1S/C23H22N2O7/c1-30-21-5-3-4-19(14-21)24(15-16-6-8-17(9-7-16)22(26)31-2)23(27)32-20-12-10-18(11-13-20)25(28)29/h3-12,14,20H,13,15H2,1-2H3. The maximum absolute atomic E-state index is 13.1. The Morgan fingerprint density at radius 2 is 1.91 bits per heavy atom. The number of hydrogen-bond acceptors (Lipinski definition) is 7. The normalized spacial score (nSPS) is 14.8. The smallest absolute Gasteiger partial charge is 0.415 e. The molecule has 2 aromatic carbocycles. The van der Waals surface area contributed by atoms with Gasteiger partial charge in [-0.25, -0.2) is 9.59 Å². The quantitative estimate of drug-likeness (QED) is 0.363. The van der Waals surface area contributed by atoms with Crippen molar-refractivity contribution in [3.63, 3.8) is 0 Å². The number of nitrogens with zero attached hydrogens (tertiary/aromatic N) is 2. The first-order chi connectivity index (χ1) is 15.4. The van der Waals surface area contributed by atoms with Crippen LogP contribution in [0.4, 0.5) is 10.5 Å². The molecule has 0 fully saturated rings. The molecule has 0 radical (unpaired) electrons. The summed E-state index contributed by atoms with van der Waals surface area (Å²) >= 11 is 0. The van der Waals surface area contributed by atoms with E-state index in [9.17, 15) is 19.7 Å². The van der Waals surface area contributed by atoms with Crippen molar-refractivity contribution in [1.29, 1.82) is 0 Å². The Hall–Kier alpha value is -4.14. The van der Waals surface area contributed by atoms with E-state index < -0.39 is 23.1 Å². The summed E-state index contributed by atoms with van der Waals surface area (Å²) in [5.74, 6) is 0.115. The van der Waals surface area contributed by atoms with Gasteiger partial charge in [-0.05, 0) is 42.0 Å². The molecule has 0 aromatic heterocycles. The molecule has 0 spiro atoms. The third-order valence-electron chi connectivity index (χ3n) is 4.81. The van der Waals surface area contributed by atoms with Gasteiger partial charge in [0.05, 0.1) is 36.9 Å². The third-order valence-corrected chi connectivity index (χ3v) is 4.81. The molecule has 0 aliphatic heterocycles. The fourth-order valence-corrected chi connectivity index (χ4v) is 3.09. The summed E-state index contributed by atoms with van der Waals surface area (Å²) < 4.78 is 15.5. The topological polar surface area (TPSA) is 108 Å². The summed E-state index contributed by atoms with van der Waals surface area (Å²) in [6, 6.07) is 13.6. The number of ether oxygens (including phenoxy) is 3. The Bertz CT molecular complexity index is 1060. The fourth-order valence-electron chi connectivity index (χ4n) is 3.09. The van der Waals surface area contributed by atoms with Crippen LogP contribution in [0.2, 0.25) is 0 Å². The van der Waals surface area contributed by atoms with E-state index in [0.29, 0.717) is 17.0 Å². The average molecular weight is 438 g/mol.